The molecule has 0 saturated carbocycles. The lowest BCUT2D eigenvalue weighted by Crippen LogP contribution is -2.12. The number of carbonyl (C=O) groups excluding carboxylic acids is 1. The summed E-state index contributed by atoms with van der Waals surface area (Å²) in [6.07, 6.45) is 0. The highest BCUT2D eigenvalue weighted by Crippen LogP contribution is 2.18. The summed E-state index contributed by atoms with van der Waals surface area (Å²) < 4.78 is 5.46. The Morgan fingerprint density at radius 1 is 1.44 bits per heavy atom. The molecule has 0 bridgehead atoms. The van der Waals surface area contributed by atoms with Crippen LogP contribution in [0, 0.1) is 5.92 Å². The van der Waals surface area contributed by atoms with Crippen LogP contribution in [0.4, 0.5) is 11.4 Å². The number of ether oxygens (including phenoxy) is 1. The minimum absolute atomic E-state index is 0.0145. The van der Waals surface area contributed by atoms with E-state index in [1.807, 2.05) is 6.07 Å². The second-order valence-electron chi connectivity index (χ2n) is 4.75. The molecule has 0 amide bonds. The van der Waals surface area contributed by atoms with Crippen molar-refractivity contribution in [3.63, 3.8) is 0 Å². The van der Waals surface area contributed by atoms with Gasteiger partial charge >= 0.3 is 0 Å². The molecule has 18 heavy (non-hydrogen) atoms. The Kier molecular flexibility index (Phi) is 5.65. The van der Waals surface area contributed by atoms with Crippen LogP contribution in [0.15, 0.2) is 18.2 Å². The summed E-state index contributed by atoms with van der Waals surface area (Å²) in [7, 11) is 0. The number of hydrogen-bond acceptors (Lipinski definition) is 4. The Bertz CT molecular complexity index is 403. The third-order valence-corrected chi connectivity index (χ3v) is 2.46. The number of Topliss-reactive ketones (excluding diaryl/α,β-unsaturated/α-hetero) is 1. The van der Waals surface area contributed by atoms with Crippen LogP contribution in [0.3, 0.4) is 0 Å². The summed E-state index contributed by atoms with van der Waals surface area (Å²) in [5.41, 5.74) is 7.78. The Labute approximate surface area is 109 Å². The molecule has 3 N–H and O–H groups in total. The second-order valence-corrected chi connectivity index (χ2v) is 4.75. The van der Waals surface area contributed by atoms with Gasteiger partial charge in [0.1, 0.15) is 0 Å². The molecular weight excluding hydrogens is 228 g/mol. The van der Waals surface area contributed by atoms with Gasteiger partial charge < -0.3 is 15.8 Å². The Morgan fingerprint density at radius 2 is 2.17 bits per heavy atom. The van der Waals surface area contributed by atoms with E-state index in [-0.39, 0.29) is 5.78 Å². The van der Waals surface area contributed by atoms with Crippen LogP contribution >= 0.6 is 0 Å². The molecule has 0 atom stereocenters. The molecule has 4 nitrogen and oxygen atoms in total. The fourth-order valence-electron chi connectivity index (χ4n) is 1.58. The van der Waals surface area contributed by atoms with Gasteiger partial charge in [0.05, 0.1) is 6.61 Å². The Morgan fingerprint density at radius 3 is 2.72 bits per heavy atom. The van der Waals surface area contributed by atoms with Gasteiger partial charge in [0.15, 0.2) is 5.78 Å². The molecule has 1 rings (SSSR count). The van der Waals surface area contributed by atoms with Crippen molar-refractivity contribution >= 4 is 17.2 Å². The van der Waals surface area contributed by atoms with Crippen molar-refractivity contribution in [3.8, 4) is 0 Å². The van der Waals surface area contributed by atoms with Crippen molar-refractivity contribution in [3.05, 3.63) is 23.8 Å². The monoisotopic (exact) mass is 250 g/mol. The van der Waals surface area contributed by atoms with E-state index >= 15 is 0 Å². The molecule has 100 valence electrons. The summed E-state index contributed by atoms with van der Waals surface area (Å²) in [6, 6.07) is 5.38. The number of nitrogens with one attached hydrogen (secondary N) is 1. The summed E-state index contributed by atoms with van der Waals surface area (Å²) in [5, 5.41) is 3.21. The number of nitrogen functional groups attached to an aromatic ring is 1. The van der Waals surface area contributed by atoms with Crippen LogP contribution in [-0.2, 0) is 4.74 Å². The van der Waals surface area contributed by atoms with E-state index < -0.39 is 0 Å². The van der Waals surface area contributed by atoms with Crippen molar-refractivity contribution in [2.45, 2.75) is 20.8 Å². The standard InChI is InChI=1S/C14H22N2O2/c1-10(2)9-18-7-6-16-12-4-5-13(11(3)17)14(15)8-12/h4-5,8,10,16H,6-7,9,15H2,1-3H3. The van der Waals surface area contributed by atoms with Gasteiger partial charge in [0.2, 0.25) is 0 Å². The van der Waals surface area contributed by atoms with E-state index in [0.717, 1.165) is 18.8 Å². The fraction of sp³-hybridized carbons (Fsp3) is 0.500. The number of hydrogen-bond donors (Lipinski definition) is 2. The quantitative estimate of drug-likeness (QED) is 0.443. The highest BCUT2D eigenvalue weighted by Gasteiger charge is 2.04. The Balaban J connectivity index is 2.39. The number of nitrogens with two attached hydrogens (primary N) is 1. The third-order valence-electron chi connectivity index (χ3n) is 2.46. The van der Waals surface area contributed by atoms with Gasteiger partial charge in [-0.2, -0.15) is 0 Å². The van der Waals surface area contributed by atoms with Crippen molar-refractivity contribution in [1.29, 1.82) is 0 Å². The fourth-order valence-corrected chi connectivity index (χ4v) is 1.58. The summed E-state index contributed by atoms with van der Waals surface area (Å²) in [4.78, 5) is 11.2. The van der Waals surface area contributed by atoms with E-state index in [1.54, 1.807) is 12.1 Å². The highest BCUT2D eigenvalue weighted by atomic mass is 16.5. The van der Waals surface area contributed by atoms with Gasteiger partial charge in [-0.1, -0.05) is 13.8 Å². The highest BCUT2D eigenvalue weighted by molar-refractivity contribution is 5.99. The largest absolute Gasteiger partial charge is 0.398 e. The maximum Gasteiger partial charge on any atom is 0.161 e. The first kappa shape index (κ1) is 14.5. The van der Waals surface area contributed by atoms with E-state index in [4.69, 9.17) is 10.5 Å². The van der Waals surface area contributed by atoms with Crippen molar-refractivity contribution in [2.75, 3.05) is 30.8 Å². The van der Waals surface area contributed by atoms with Gasteiger partial charge in [-0.15, -0.1) is 0 Å². The average Bonchev–Trinajstić information content (AvgIpc) is 2.27. The lowest BCUT2D eigenvalue weighted by Gasteiger charge is -2.10. The van der Waals surface area contributed by atoms with Crippen molar-refractivity contribution in [2.24, 2.45) is 5.92 Å². The van der Waals surface area contributed by atoms with Crippen LogP contribution in [0.25, 0.3) is 0 Å². The van der Waals surface area contributed by atoms with Gasteiger partial charge in [-0.05, 0) is 31.0 Å². The smallest absolute Gasteiger partial charge is 0.161 e. The molecule has 0 saturated heterocycles. The second kappa shape index (κ2) is 7.01. The predicted molar refractivity (Wildman–Crippen MR) is 75.0 cm³/mol. The number of anilines is 2. The van der Waals surface area contributed by atoms with E-state index in [1.165, 1.54) is 6.92 Å². The van der Waals surface area contributed by atoms with Crippen molar-refractivity contribution in [1.82, 2.24) is 0 Å². The van der Waals surface area contributed by atoms with Crippen LogP contribution in [0.2, 0.25) is 0 Å². The molecule has 1 aromatic carbocycles. The lowest BCUT2D eigenvalue weighted by atomic mass is 10.1. The molecule has 0 aliphatic heterocycles. The zero-order valence-electron chi connectivity index (χ0n) is 11.3. The number of carbonyl (C=O) groups is 1. The van der Waals surface area contributed by atoms with E-state index in [0.29, 0.717) is 23.8 Å². The first-order chi connectivity index (χ1) is 8.50. The van der Waals surface area contributed by atoms with Gasteiger partial charge in [-0.25, -0.2) is 0 Å². The summed E-state index contributed by atoms with van der Waals surface area (Å²) >= 11 is 0. The molecule has 0 aliphatic rings. The molecule has 0 aliphatic carbocycles. The van der Waals surface area contributed by atoms with Gasteiger partial charge in [-0.3, -0.25) is 4.79 Å². The molecule has 0 aromatic heterocycles. The molecule has 0 spiro atoms. The summed E-state index contributed by atoms with van der Waals surface area (Å²) in [6.45, 7) is 7.91. The van der Waals surface area contributed by atoms with Gasteiger partial charge in [0.25, 0.3) is 0 Å². The van der Waals surface area contributed by atoms with Crippen LogP contribution in [0.5, 0.6) is 0 Å². The molecule has 0 heterocycles. The topological polar surface area (TPSA) is 64.3 Å². The molecular formula is C14H22N2O2. The normalized spacial score (nSPS) is 10.7. The summed E-state index contributed by atoms with van der Waals surface area (Å²) in [5.74, 6) is 0.537. The minimum atomic E-state index is -0.0145. The zero-order chi connectivity index (χ0) is 13.5. The maximum absolute atomic E-state index is 11.2. The minimum Gasteiger partial charge on any atom is -0.398 e. The zero-order valence-corrected chi connectivity index (χ0v) is 11.3. The predicted octanol–water partition coefficient (Wildman–Crippen LogP) is 2.56. The number of benzene rings is 1. The van der Waals surface area contributed by atoms with Crippen LogP contribution in [-0.4, -0.2) is 25.5 Å². The van der Waals surface area contributed by atoms with E-state index in [9.17, 15) is 4.79 Å². The van der Waals surface area contributed by atoms with Crippen molar-refractivity contribution < 1.29 is 9.53 Å². The third kappa shape index (κ3) is 4.75. The van der Waals surface area contributed by atoms with E-state index in [2.05, 4.69) is 19.2 Å². The molecule has 0 fully saturated rings. The molecule has 0 radical (unpaired) electrons. The average molecular weight is 250 g/mol. The molecule has 4 heteroatoms. The lowest BCUT2D eigenvalue weighted by molar-refractivity contribution is 0.101. The van der Waals surface area contributed by atoms with Gasteiger partial charge in [0, 0.05) is 30.1 Å². The number of ketones is 1. The maximum atomic E-state index is 11.2. The SMILES string of the molecule is CC(=O)c1ccc(NCCOCC(C)C)cc1N. The van der Waals surface area contributed by atoms with Crippen LogP contribution in [0.1, 0.15) is 31.1 Å². The first-order valence-corrected chi connectivity index (χ1v) is 6.22. The Hall–Kier alpha value is -1.55. The first-order valence-electron chi connectivity index (χ1n) is 6.22. The van der Waals surface area contributed by atoms with Crippen LogP contribution < -0.4 is 11.1 Å². The molecule has 1 aromatic rings. The molecule has 0 unspecified atom stereocenters. The number of rotatable bonds is 7.